The number of likely N-dealkylation sites (tertiary alicyclic amines) is 1. The Hall–Kier alpha value is -2.15. The van der Waals surface area contributed by atoms with Crippen LogP contribution in [-0.2, 0) is 4.79 Å². The summed E-state index contributed by atoms with van der Waals surface area (Å²) >= 11 is 0. The van der Waals surface area contributed by atoms with E-state index in [1.807, 2.05) is 12.1 Å². The molecule has 0 aromatic heterocycles. The highest BCUT2D eigenvalue weighted by Gasteiger charge is 2.36. The van der Waals surface area contributed by atoms with Crippen LogP contribution in [0.15, 0.2) is 24.3 Å². The molecular weight excluding hydrogens is 356 g/mol. The fourth-order valence-corrected chi connectivity index (χ4v) is 5.17. The zero-order chi connectivity index (χ0) is 19.5. The minimum Gasteiger partial charge on any atom is -0.369 e. The lowest BCUT2D eigenvalue weighted by Crippen LogP contribution is -2.54. The summed E-state index contributed by atoms with van der Waals surface area (Å²) in [5.41, 5.74) is 1.13. The van der Waals surface area contributed by atoms with E-state index in [1.165, 1.54) is 32.1 Å². The van der Waals surface area contributed by atoms with E-state index in [2.05, 4.69) is 14.7 Å². The van der Waals surface area contributed by atoms with Crippen LogP contribution in [0.5, 0.6) is 0 Å². The molecular formula is C21H30N4O3. The first-order valence-electron chi connectivity index (χ1n) is 10.6. The van der Waals surface area contributed by atoms with Crippen molar-refractivity contribution in [3.05, 3.63) is 34.4 Å². The average Bonchev–Trinajstić information content (AvgIpc) is 2.74. The topological polar surface area (TPSA) is 69.9 Å². The maximum atomic E-state index is 13.0. The first kappa shape index (κ1) is 19.2. The highest BCUT2D eigenvalue weighted by atomic mass is 16.6. The molecule has 0 radical (unpaired) electrons. The summed E-state index contributed by atoms with van der Waals surface area (Å²) in [6, 6.07) is 7.23. The van der Waals surface area contributed by atoms with Crippen molar-refractivity contribution in [3.8, 4) is 0 Å². The number of nitro benzene ring substituents is 1. The van der Waals surface area contributed by atoms with Gasteiger partial charge in [0.1, 0.15) is 0 Å². The van der Waals surface area contributed by atoms with E-state index in [-0.39, 0.29) is 10.6 Å². The molecule has 3 fully saturated rings. The molecule has 28 heavy (non-hydrogen) atoms. The van der Waals surface area contributed by atoms with Crippen molar-refractivity contribution in [1.29, 1.82) is 0 Å². The standard InChI is InChI=1S/C21H30N4O3/c26-21(24-11-3-5-17-4-1-2-6-20(17)24)16-22-12-14-23(15-13-22)18-7-9-19(10-8-18)25(27)28/h7-10,17,20H,1-6,11-16H2/t17-,20-/m1/s1. The summed E-state index contributed by atoms with van der Waals surface area (Å²) in [6.45, 7) is 4.85. The van der Waals surface area contributed by atoms with Gasteiger partial charge in [-0.3, -0.25) is 19.8 Å². The Labute approximate surface area is 166 Å². The average molecular weight is 386 g/mol. The number of rotatable bonds is 4. The van der Waals surface area contributed by atoms with Crippen LogP contribution in [0.4, 0.5) is 11.4 Å². The first-order valence-corrected chi connectivity index (χ1v) is 10.6. The van der Waals surface area contributed by atoms with Gasteiger partial charge in [-0.05, 0) is 43.7 Å². The van der Waals surface area contributed by atoms with E-state index >= 15 is 0 Å². The largest absolute Gasteiger partial charge is 0.369 e. The number of anilines is 1. The molecule has 1 aliphatic carbocycles. The Bertz CT molecular complexity index is 698. The lowest BCUT2D eigenvalue weighted by molar-refractivity contribution is -0.384. The van der Waals surface area contributed by atoms with Crippen molar-refractivity contribution >= 4 is 17.3 Å². The van der Waals surface area contributed by atoms with E-state index in [0.29, 0.717) is 18.5 Å². The van der Waals surface area contributed by atoms with Gasteiger partial charge in [0.05, 0.1) is 11.5 Å². The quantitative estimate of drug-likeness (QED) is 0.588. The van der Waals surface area contributed by atoms with Gasteiger partial charge in [0.15, 0.2) is 0 Å². The van der Waals surface area contributed by atoms with Crippen molar-refractivity contribution < 1.29 is 9.72 Å². The lowest BCUT2D eigenvalue weighted by atomic mass is 9.78. The Kier molecular flexibility index (Phi) is 5.80. The van der Waals surface area contributed by atoms with Gasteiger partial charge in [-0.1, -0.05) is 12.8 Å². The Morgan fingerprint density at radius 3 is 2.36 bits per heavy atom. The smallest absolute Gasteiger partial charge is 0.269 e. The number of carbonyl (C=O) groups is 1. The second kappa shape index (κ2) is 8.47. The van der Waals surface area contributed by atoms with Crippen LogP contribution in [0.25, 0.3) is 0 Å². The molecule has 2 saturated heterocycles. The number of fused-ring (bicyclic) bond motifs is 1. The van der Waals surface area contributed by atoms with E-state index in [9.17, 15) is 14.9 Å². The second-order valence-corrected chi connectivity index (χ2v) is 8.38. The number of nitro groups is 1. The minimum atomic E-state index is -0.370. The SMILES string of the molecule is O=C(CN1CCN(c2ccc([N+](=O)[O-])cc2)CC1)N1CCC[C@H]2CCCC[C@H]21. The molecule has 0 spiro atoms. The van der Waals surface area contributed by atoms with Gasteiger partial charge in [-0.2, -0.15) is 0 Å². The molecule has 1 saturated carbocycles. The summed E-state index contributed by atoms with van der Waals surface area (Å²) in [5, 5.41) is 10.8. The first-order chi connectivity index (χ1) is 13.6. The molecule has 1 amide bonds. The number of hydrogen-bond donors (Lipinski definition) is 0. The molecule has 0 N–H and O–H groups in total. The maximum absolute atomic E-state index is 13.0. The second-order valence-electron chi connectivity index (χ2n) is 8.38. The molecule has 7 heteroatoms. The minimum absolute atomic E-state index is 0.121. The number of hydrogen-bond acceptors (Lipinski definition) is 5. The Morgan fingerprint density at radius 1 is 0.964 bits per heavy atom. The maximum Gasteiger partial charge on any atom is 0.269 e. The zero-order valence-electron chi connectivity index (χ0n) is 16.5. The van der Waals surface area contributed by atoms with E-state index < -0.39 is 0 Å². The predicted molar refractivity (Wildman–Crippen MR) is 108 cm³/mol. The molecule has 3 aliphatic rings. The van der Waals surface area contributed by atoms with Crippen molar-refractivity contribution in [2.45, 2.75) is 44.6 Å². The van der Waals surface area contributed by atoms with Gasteiger partial charge in [-0.25, -0.2) is 0 Å². The molecule has 4 rings (SSSR count). The molecule has 2 atom stereocenters. The van der Waals surface area contributed by atoms with Gasteiger partial charge in [0, 0.05) is 56.6 Å². The number of piperazine rings is 1. The van der Waals surface area contributed by atoms with Gasteiger partial charge in [0.2, 0.25) is 5.91 Å². The van der Waals surface area contributed by atoms with E-state index in [0.717, 1.165) is 50.7 Å². The van der Waals surface area contributed by atoms with Crippen LogP contribution in [0.2, 0.25) is 0 Å². The van der Waals surface area contributed by atoms with Gasteiger partial charge >= 0.3 is 0 Å². The van der Waals surface area contributed by atoms with Crippen molar-refractivity contribution in [2.75, 3.05) is 44.2 Å². The van der Waals surface area contributed by atoms with E-state index in [4.69, 9.17) is 0 Å². The summed E-state index contributed by atoms with van der Waals surface area (Å²) in [4.78, 5) is 30.1. The van der Waals surface area contributed by atoms with Crippen molar-refractivity contribution in [2.24, 2.45) is 5.92 Å². The van der Waals surface area contributed by atoms with Gasteiger partial charge in [-0.15, -0.1) is 0 Å². The van der Waals surface area contributed by atoms with Crippen molar-refractivity contribution in [3.63, 3.8) is 0 Å². The van der Waals surface area contributed by atoms with Gasteiger partial charge in [0.25, 0.3) is 5.69 Å². The van der Waals surface area contributed by atoms with Crippen LogP contribution >= 0.6 is 0 Å². The van der Waals surface area contributed by atoms with E-state index in [1.54, 1.807) is 12.1 Å². The third-order valence-corrected chi connectivity index (χ3v) is 6.72. The van der Waals surface area contributed by atoms with Gasteiger partial charge < -0.3 is 9.80 Å². The number of non-ortho nitro benzene ring substituents is 1. The number of amides is 1. The number of benzene rings is 1. The fraction of sp³-hybridized carbons (Fsp3) is 0.667. The highest BCUT2D eigenvalue weighted by molar-refractivity contribution is 5.78. The normalized spacial score (nSPS) is 26.0. The number of nitrogens with zero attached hydrogens (tertiary/aromatic N) is 4. The van der Waals surface area contributed by atoms with Crippen LogP contribution in [0.3, 0.4) is 0 Å². The molecule has 0 unspecified atom stereocenters. The number of piperidine rings is 1. The summed E-state index contributed by atoms with van der Waals surface area (Å²) < 4.78 is 0. The molecule has 152 valence electrons. The Morgan fingerprint density at radius 2 is 1.64 bits per heavy atom. The third-order valence-electron chi connectivity index (χ3n) is 6.72. The molecule has 1 aromatic rings. The van der Waals surface area contributed by atoms with Crippen LogP contribution in [-0.4, -0.2) is 65.9 Å². The lowest BCUT2D eigenvalue weighted by Gasteiger charge is -2.45. The molecule has 1 aromatic carbocycles. The molecule has 2 heterocycles. The third kappa shape index (κ3) is 4.14. The predicted octanol–water partition coefficient (Wildman–Crippen LogP) is 2.90. The summed E-state index contributed by atoms with van der Waals surface area (Å²) in [7, 11) is 0. The molecule has 0 bridgehead atoms. The van der Waals surface area contributed by atoms with Crippen molar-refractivity contribution in [1.82, 2.24) is 9.80 Å². The highest BCUT2D eigenvalue weighted by Crippen LogP contribution is 2.35. The molecule has 7 nitrogen and oxygen atoms in total. The fourth-order valence-electron chi connectivity index (χ4n) is 5.17. The van der Waals surface area contributed by atoms with Crippen LogP contribution < -0.4 is 4.90 Å². The van der Waals surface area contributed by atoms with Crippen LogP contribution in [0.1, 0.15) is 38.5 Å². The molecule has 2 aliphatic heterocycles. The van der Waals surface area contributed by atoms with Crippen LogP contribution in [0, 0.1) is 16.0 Å². The number of carbonyl (C=O) groups excluding carboxylic acids is 1. The Balaban J connectivity index is 1.29. The monoisotopic (exact) mass is 386 g/mol. The summed E-state index contributed by atoms with van der Waals surface area (Å²) in [5.74, 6) is 1.03. The summed E-state index contributed by atoms with van der Waals surface area (Å²) in [6.07, 6.45) is 7.52. The zero-order valence-corrected chi connectivity index (χ0v) is 16.5.